The van der Waals surface area contributed by atoms with Gasteiger partial charge in [0, 0.05) is 26.2 Å². The summed E-state index contributed by atoms with van der Waals surface area (Å²) >= 11 is 0. The number of alkyl halides is 2. The van der Waals surface area contributed by atoms with E-state index < -0.39 is 12.5 Å². The van der Waals surface area contributed by atoms with Crippen molar-refractivity contribution < 1.29 is 23.1 Å². The monoisotopic (exact) mass is 352 g/mol. The van der Waals surface area contributed by atoms with E-state index in [0.29, 0.717) is 6.54 Å². The third-order valence-corrected chi connectivity index (χ3v) is 3.34. The largest absolute Gasteiger partial charge is 0.435 e. The number of hydrogen-bond donors (Lipinski definition) is 1. The number of aromatic nitrogens is 2. The number of anilines is 1. The molecule has 0 aliphatic heterocycles. The minimum absolute atomic E-state index is 0.0474. The predicted octanol–water partition coefficient (Wildman–Crippen LogP) is 2.46. The molecule has 0 spiro atoms. The van der Waals surface area contributed by atoms with Gasteiger partial charge in [-0.05, 0) is 31.2 Å². The highest BCUT2D eigenvalue weighted by Gasteiger charge is 2.21. The number of benzene rings is 1. The average Bonchev–Trinajstić information content (AvgIpc) is 2.96. The van der Waals surface area contributed by atoms with Crippen LogP contribution < -0.4 is 10.1 Å². The molecule has 0 saturated carbocycles. The molecule has 2 aromatic rings. The Morgan fingerprint density at radius 1 is 1.28 bits per heavy atom. The van der Waals surface area contributed by atoms with Crippen molar-refractivity contribution in [2.45, 2.75) is 20.1 Å². The first-order valence-corrected chi connectivity index (χ1v) is 7.47. The van der Waals surface area contributed by atoms with Crippen LogP contribution in [0.15, 0.2) is 30.5 Å². The van der Waals surface area contributed by atoms with E-state index in [2.05, 4.69) is 15.2 Å². The van der Waals surface area contributed by atoms with Gasteiger partial charge in [0.2, 0.25) is 0 Å². The second-order valence-electron chi connectivity index (χ2n) is 5.28. The van der Waals surface area contributed by atoms with Gasteiger partial charge >= 0.3 is 6.61 Å². The summed E-state index contributed by atoms with van der Waals surface area (Å²) in [5, 5.41) is 6.70. The fourth-order valence-corrected chi connectivity index (χ4v) is 2.14. The zero-order chi connectivity index (χ0) is 18.6. The zero-order valence-electron chi connectivity index (χ0n) is 14.0. The normalized spacial score (nSPS) is 10.6. The molecular formula is C16H18F2N4O3. The molecule has 0 saturated heterocycles. The molecule has 0 fully saturated rings. The average molecular weight is 352 g/mol. The fourth-order valence-electron chi connectivity index (χ4n) is 2.14. The molecule has 1 heterocycles. The number of nitrogens with zero attached hydrogens (tertiary/aromatic N) is 3. The van der Waals surface area contributed by atoms with Gasteiger partial charge in [0.25, 0.3) is 11.8 Å². The van der Waals surface area contributed by atoms with Gasteiger partial charge < -0.3 is 15.0 Å². The van der Waals surface area contributed by atoms with Crippen LogP contribution in [0, 0.1) is 0 Å². The van der Waals surface area contributed by atoms with Crippen molar-refractivity contribution in [2.75, 3.05) is 19.4 Å². The smallest absolute Gasteiger partial charge is 0.387 e. The van der Waals surface area contributed by atoms with E-state index in [-0.39, 0.29) is 28.6 Å². The lowest BCUT2D eigenvalue weighted by Gasteiger charge is -2.13. The summed E-state index contributed by atoms with van der Waals surface area (Å²) in [6, 6.07) is 5.24. The number of amides is 2. The molecule has 0 radical (unpaired) electrons. The van der Waals surface area contributed by atoms with Crippen LogP contribution in [0.25, 0.3) is 0 Å². The summed E-state index contributed by atoms with van der Waals surface area (Å²) < 4.78 is 30.0. The highest BCUT2D eigenvalue weighted by Crippen LogP contribution is 2.19. The maximum Gasteiger partial charge on any atom is 0.387 e. The molecule has 134 valence electrons. The number of hydrogen-bond acceptors (Lipinski definition) is 4. The maximum absolute atomic E-state index is 12.3. The van der Waals surface area contributed by atoms with Crippen LogP contribution in [0.2, 0.25) is 0 Å². The second-order valence-corrected chi connectivity index (χ2v) is 5.28. The third-order valence-electron chi connectivity index (χ3n) is 3.34. The first kappa shape index (κ1) is 18.4. The van der Waals surface area contributed by atoms with E-state index in [4.69, 9.17) is 0 Å². The number of nitrogens with one attached hydrogen (secondary N) is 1. The first-order valence-electron chi connectivity index (χ1n) is 7.47. The molecule has 1 N–H and O–H groups in total. The van der Waals surface area contributed by atoms with Crippen LogP contribution in [0.5, 0.6) is 5.75 Å². The Balaban J connectivity index is 2.20. The maximum atomic E-state index is 12.3. The predicted molar refractivity (Wildman–Crippen MR) is 86.9 cm³/mol. The molecule has 7 nitrogen and oxygen atoms in total. The van der Waals surface area contributed by atoms with Crippen LogP contribution in [-0.2, 0) is 6.54 Å². The molecule has 0 bridgehead atoms. The molecule has 0 unspecified atom stereocenters. The molecule has 2 amide bonds. The van der Waals surface area contributed by atoms with Gasteiger partial charge in [-0.3, -0.25) is 14.3 Å². The van der Waals surface area contributed by atoms with Gasteiger partial charge in [0.05, 0.1) is 11.9 Å². The van der Waals surface area contributed by atoms with E-state index in [0.717, 1.165) is 0 Å². The van der Waals surface area contributed by atoms with Crippen LogP contribution in [-0.4, -0.2) is 47.2 Å². The van der Waals surface area contributed by atoms with E-state index in [1.807, 2.05) is 6.92 Å². The number of aryl methyl sites for hydroxylation is 1. The minimum atomic E-state index is -2.93. The van der Waals surface area contributed by atoms with Crippen molar-refractivity contribution in [1.82, 2.24) is 14.7 Å². The van der Waals surface area contributed by atoms with E-state index >= 15 is 0 Å². The van der Waals surface area contributed by atoms with E-state index in [1.54, 1.807) is 14.1 Å². The zero-order valence-corrected chi connectivity index (χ0v) is 14.0. The number of ether oxygens (including phenoxy) is 1. The number of carbonyl (C=O) groups excluding carboxylic acids is 2. The van der Waals surface area contributed by atoms with Crippen molar-refractivity contribution in [1.29, 1.82) is 0 Å². The minimum Gasteiger partial charge on any atom is -0.435 e. The molecule has 1 aromatic heterocycles. The second kappa shape index (κ2) is 7.73. The van der Waals surface area contributed by atoms with Gasteiger partial charge in [0.15, 0.2) is 0 Å². The van der Waals surface area contributed by atoms with Gasteiger partial charge in [-0.1, -0.05) is 0 Å². The highest BCUT2D eigenvalue weighted by atomic mass is 19.3. The van der Waals surface area contributed by atoms with Gasteiger partial charge in [-0.2, -0.15) is 13.9 Å². The summed E-state index contributed by atoms with van der Waals surface area (Å²) in [7, 11) is 3.20. The lowest BCUT2D eigenvalue weighted by atomic mass is 10.2. The standard InChI is InChI=1S/C16H18F2N4O3/c1-4-22-13(15(24)21(2)3)12(9-19-22)20-14(23)10-5-7-11(8-6-10)25-16(17)18/h5-9,16H,4H2,1-3H3,(H,20,23). The van der Waals surface area contributed by atoms with Crippen LogP contribution in [0.3, 0.4) is 0 Å². The van der Waals surface area contributed by atoms with E-state index in [1.165, 1.54) is 40.0 Å². The van der Waals surface area contributed by atoms with Gasteiger partial charge in [0.1, 0.15) is 11.4 Å². The Morgan fingerprint density at radius 2 is 1.92 bits per heavy atom. The summed E-state index contributed by atoms with van der Waals surface area (Å²) in [5.41, 5.74) is 0.770. The van der Waals surface area contributed by atoms with Crippen molar-refractivity contribution in [2.24, 2.45) is 0 Å². The number of halogens is 2. The van der Waals surface area contributed by atoms with Crippen molar-refractivity contribution in [3.63, 3.8) is 0 Å². The van der Waals surface area contributed by atoms with Crippen LogP contribution in [0.1, 0.15) is 27.8 Å². The molecule has 25 heavy (non-hydrogen) atoms. The highest BCUT2D eigenvalue weighted by molar-refractivity contribution is 6.08. The summed E-state index contributed by atoms with van der Waals surface area (Å²) in [4.78, 5) is 26.0. The fraction of sp³-hybridized carbons (Fsp3) is 0.312. The Bertz CT molecular complexity index is 757. The topological polar surface area (TPSA) is 76.5 Å². The molecule has 1 aromatic carbocycles. The molecule has 9 heteroatoms. The Labute approximate surface area is 143 Å². The quantitative estimate of drug-likeness (QED) is 0.866. The summed E-state index contributed by atoms with van der Waals surface area (Å²) in [6.45, 7) is -0.642. The summed E-state index contributed by atoms with van der Waals surface area (Å²) in [5.74, 6) is -0.837. The van der Waals surface area contributed by atoms with E-state index in [9.17, 15) is 18.4 Å². The molecule has 0 aliphatic carbocycles. The molecule has 0 atom stereocenters. The number of carbonyl (C=O) groups is 2. The lowest BCUT2D eigenvalue weighted by Crippen LogP contribution is -2.26. The van der Waals surface area contributed by atoms with Crippen molar-refractivity contribution in [3.8, 4) is 5.75 Å². The molecule has 2 rings (SSSR count). The Morgan fingerprint density at radius 3 is 2.44 bits per heavy atom. The third kappa shape index (κ3) is 4.31. The molecule has 0 aliphatic rings. The van der Waals surface area contributed by atoms with Gasteiger partial charge in [-0.25, -0.2) is 0 Å². The summed E-state index contributed by atoms with van der Waals surface area (Å²) in [6.07, 6.45) is 1.40. The first-order chi connectivity index (χ1) is 11.8. The van der Waals surface area contributed by atoms with Crippen molar-refractivity contribution in [3.05, 3.63) is 41.7 Å². The SMILES string of the molecule is CCn1ncc(NC(=O)c2ccc(OC(F)F)cc2)c1C(=O)N(C)C. The number of rotatable bonds is 6. The Hall–Kier alpha value is -2.97. The lowest BCUT2D eigenvalue weighted by molar-refractivity contribution is -0.0498. The van der Waals surface area contributed by atoms with Crippen LogP contribution >= 0.6 is 0 Å². The van der Waals surface area contributed by atoms with Gasteiger partial charge in [-0.15, -0.1) is 0 Å². The van der Waals surface area contributed by atoms with Crippen molar-refractivity contribution >= 4 is 17.5 Å². The molecular weight excluding hydrogens is 334 g/mol. The van der Waals surface area contributed by atoms with Crippen LogP contribution in [0.4, 0.5) is 14.5 Å². The Kier molecular flexibility index (Phi) is 5.68.